The molecule has 0 aromatic heterocycles. The fourth-order valence-electron chi connectivity index (χ4n) is 2.35. The van der Waals surface area contributed by atoms with E-state index in [9.17, 15) is 5.11 Å². The van der Waals surface area contributed by atoms with Gasteiger partial charge < -0.3 is 24.8 Å². The first-order valence-corrected chi connectivity index (χ1v) is 7.54. The van der Waals surface area contributed by atoms with E-state index >= 15 is 0 Å². The van der Waals surface area contributed by atoms with Gasteiger partial charge in [0.1, 0.15) is 0 Å². The summed E-state index contributed by atoms with van der Waals surface area (Å²) in [7, 11) is 2.10. The quantitative estimate of drug-likeness (QED) is 0.730. The Morgan fingerprint density at radius 1 is 1.43 bits per heavy atom. The average Bonchev–Trinajstić information content (AvgIpc) is 2.48. The lowest BCUT2D eigenvalue weighted by Gasteiger charge is -2.30. The van der Waals surface area contributed by atoms with Gasteiger partial charge in [-0.3, -0.25) is 0 Å². The van der Waals surface area contributed by atoms with Gasteiger partial charge in [0.25, 0.3) is 0 Å². The topological polar surface area (TPSA) is 54.0 Å². The van der Waals surface area contributed by atoms with Gasteiger partial charge in [-0.15, -0.1) is 0 Å². The largest absolute Gasteiger partial charge is 0.389 e. The van der Waals surface area contributed by atoms with E-state index in [-0.39, 0.29) is 6.10 Å². The fourth-order valence-corrected chi connectivity index (χ4v) is 2.35. The number of aliphatic hydroxyl groups excluding tert-OH is 1. The number of hydrogen-bond donors (Lipinski definition) is 2. The number of nitrogens with one attached hydrogen (secondary N) is 1. The molecule has 1 aromatic rings. The number of morpholine rings is 1. The van der Waals surface area contributed by atoms with E-state index in [4.69, 9.17) is 9.47 Å². The molecule has 0 unspecified atom stereocenters. The van der Waals surface area contributed by atoms with Crippen molar-refractivity contribution < 1.29 is 14.6 Å². The molecule has 21 heavy (non-hydrogen) atoms. The Balaban J connectivity index is 1.52. The molecule has 5 heteroatoms. The van der Waals surface area contributed by atoms with Crippen LogP contribution >= 0.6 is 0 Å². The minimum Gasteiger partial charge on any atom is -0.389 e. The zero-order chi connectivity index (χ0) is 14.9. The van der Waals surface area contributed by atoms with Gasteiger partial charge in [0.05, 0.1) is 32.0 Å². The van der Waals surface area contributed by atoms with Gasteiger partial charge in [0.15, 0.2) is 0 Å². The van der Waals surface area contributed by atoms with Crippen LogP contribution in [0.2, 0.25) is 0 Å². The van der Waals surface area contributed by atoms with E-state index in [2.05, 4.69) is 17.3 Å². The lowest BCUT2D eigenvalue weighted by atomic mass is 10.2. The molecule has 0 bridgehead atoms. The minimum absolute atomic E-state index is 0.209. The van der Waals surface area contributed by atoms with Crippen molar-refractivity contribution in [3.8, 4) is 0 Å². The Morgan fingerprint density at radius 3 is 3.00 bits per heavy atom. The summed E-state index contributed by atoms with van der Waals surface area (Å²) < 4.78 is 11.2. The van der Waals surface area contributed by atoms with Crippen molar-refractivity contribution in [3.63, 3.8) is 0 Å². The number of aliphatic hydroxyl groups is 1. The SMILES string of the molecule is CN1CCO[C@H](CNC[C@H](O)COCc2ccccc2)C1. The molecular formula is C16H26N2O3. The van der Waals surface area contributed by atoms with Gasteiger partial charge in [-0.05, 0) is 12.6 Å². The number of benzene rings is 1. The van der Waals surface area contributed by atoms with Crippen molar-refractivity contribution in [2.24, 2.45) is 0 Å². The van der Waals surface area contributed by atoms with Gasteiger partial charge in [-0.2, -0.15) is 0 Å². The zero-order valence-corrected chi connectivity index (χ0v) is 12.7. The highest BCUT2D eigenvalue weighted by Crippen LogP contribution is 2.02. The van der Waals surface area contributed by atoms with E-state index in [1.54, 1.807) is 0 Å². The fraction of sp³-hybridized carbons (Fsp3) is 0.625. The molecule has 1 aliphatic heterocycles. The highest BCUT2D eigenvalue weighted by molar-refractivity contribution is 5.13. The number of rotatable bonds is 8. The molecule has 0 aliphatic carbocycles. The van der Waals surface area contributed by atoms with Crippen LogP contribution < -0.4 is 5.32 Å². The number of hydrogen-bond acceptors (Lipinski definition) is 5. The zero-order valence-electron chi connectivity index (χ0n) is 12.7. The Morgan fingerprint density at radius 2 is 2.24 bits per heavy atom. The molecule has 118 valence electrons. The monoisotopic (exact) mass is 294 g/mol. The normalized spacial score (nSPS) is 21.3. The van der Waals surface area contributed by atoms with Gasteiger partial charge in [0, 0.05) is 26.2 Å². The lowest BCUT2D eigenvalue weighted by molar-refractivity contribution is -0.0212. The minimum atomic E-state index is -0.491. The summed E-state index contributed by atoms with van der Waals surface area (Å²) in [5, 5.41) is 13.1. The molecule has 2 rings (SSSR count). The second-order valence-corrected chi connectivity index (χ2v) is 5.57. The Bertz CT molecular complexity index is 388. The molecular weight excluding hydrogens is 268 g/mol. The average molecular weight is 294 g/mol. The van der Waals surface area contributed by atoms with E-state index in [1.165, 1.54) is 0 Å². The van der Waals surface area contributed by atoms with Crippen LogP contribution in [-0.2, 0) is 16.1 Å². The summed E-state index contributed by atoms with van der Waals surface area (Å²) in [5.41, 5.74) is 1.12. The lowest BCUT2D eigenvalue weighted by Crippen LogP contribution is -2.46. The van der Waals surface area contributed by atoms with E-state index < -0.39 is 6.10 Å². The van der Waals surface area contributed by atoms with Crippen LogP contribution in [0, 0.1) is 0 Å². The molecule has 5 nitrogen and oxygen atoms in total. The van der Waals surface area contributed by atoms with E-state index in [1.807, 2.05) is 30.3 Å². The van der Waals surface area contributed by atoms with E-state index in [0.717, 1.165) is 31.8 Å². The summed E-state index contributed by atoms with van der Waals surface area (Å²) in [6.07, 6.45) is -0.281. The maximum absolute atomic E-state index is 9.87. The highest BCUT2D eigenvalue weighted by atomic mass is 16.5. The van der Waals surface area contributed by atoms with Crippen LogP contribution in [0.5, 0.6) is 0 Å². The maximum Gasteiger partial charge on any atom is 0.0897 e. The van der Waals surface area contributed by atoms with Crippen molar-refractivity contribution in [3.05, 3.63) is 35.9 Å². The summed E-state index contributed by atoms with van der Waals surface area (Å²) in [4.78, 5) is 2.26. The highest BCUT2D eigenvalue weighted by Gasteiger charge is 2.17. The molecule has 0 saturated carbocycles. The Labute approximate surface area is 126 Å². The first-order valence-electron chi connectivity index (χ1n) is 7.54. The van der Waals surface area contributed by atoms with Crippen molar-refractivity contribution in [1.29, 1.82) is 0 Å². The number of nitrogens with zero attached hydrogens (tertiary/aromatic N) is 1. The summed E-state index contributed by atoms with van der Waals surface area (Å²) in [5.74, 6) is 0. The Hall–Kier alpha value is -0.980. The molecule has 1 heterocycles. The second kappa shape index (κ2) is 9.12. The van der Waals surface area contributed by atoms with Crippen LogP contribution in [0.1, 0.15) is 5.56 Å². The molecule has 0 radical (unpaired) electrons. The van der Waals surface area contributed by atoms with Crippen molar-refractivity contribution in [1.82, 2.24) is 10.2 Å². The van der Waals surface area contributed by atoms with Crippen molar-refractivity contribution in [2.45, 2.75) is 18.8 Å². The number of likely N-dealkylation sites (N-methyl/N-ethyl adjacent to an activating group) is 1. The third-order valence-electron chi connectivity index (χ3n) is 3.52. The van der Waals surface area contributed by atoms with Gasteiger partial charge in [-0.1, -0.05) is 30.3 Å². The molecule has 1 saturated heterocycles. The van der Waals surface area contributed by atoms with Crippen LogP contribution in [-0.4, -0.2) is 68.7 Å². The second-order valence-electron chi connectivity index (χ2n) is 5.57. The predicted octanol–water partition coefficient (Wildman–Crippen LogP) is 0.484. The summed E-state index contributed by atoms with van der Waals surface area (Å²) in [6, 6.07) is 9.98. The van der Waals surface area contributed by atoms with Gasteiger partial charge in [0.2, 0.25) is 0 Å². The van der Waals surface area contributed by atoms with Crippen molar-refractivity contribution in [2.75, 3.05) is 46.4 Å². The Kier molecular flexibility index (Phi) is 7.12. The van der Waals surface area contributed by atoms with Gasteiger partial charge >= 0.3 is 0 Å². The molecule has 1 fully saturated rings. The smallest absolute Gasteiger partial charge is 0.0897 e. The molecule has 1 aromatic carbocycles. The van der Waals surface area contributed by atoms with Crippen molar-refractivity contribution >= 4 is 0 Å². The molecule has 0 amide bonds. The standard InChI is InChI=1S/C16H26N2O3/c1-18-7-8-21-16(11-18)10-17-9-15(19)13-20-12-14-5-3-2-4-6-14/h2-6,15-17,19H,7-13H2,1H3/t15-,16+/m0/s1. The van der Waals surface area contributed by atoms with Crippen LogP contribution in [0.15, 0.2) is 30.3 Å². The molecule has 2 N–H and O–H groups in total. The van der Waals surface area contributed by atoms with Gasteiger partial charge in [-0.25, -0.2) is 0 Å². The van der Waals surface area contributed by atoms with E-state index in [0.29, 0.717) is 19.8 Å². The van der Waals surface area contributed by atoms with Crippen LogP contribution in [0.25, 0.3) is 0 Å². The van der Waals surface area contributed by atoms with Crippen LogP contribution in [0.3, 0.4) is 0 Å². The third kappa shape index (κ3) is 6.54. The molecule has 0 spiro atoms. The first kappa shape index (κ1) is 16.4. The maximum atomic E-state index is 9.87. The first-order chi connectivity index (χ1) is 10.2. The predicted molar refractivity (Wildman–Crippen MR) is 82.2 cm³/mol. The summed E-state index contributed by atoms with van der Waals surface area (Å²) >= 11 is 0. The molecule has 1 aliphatic rings. The number of ether oxygens (including phenoxy) is 2. The third-order valence-corrected chi connectivity index (χ3v) is 3.52. The molecule has 2 atom stereocenters. The summed E-state index contributed by atoms with van der Waals surface area (Å²) in [6.45, 7) is 4.88. The van der Waals surface area contributed by atoms with Crippen LogP contribution in [0.4, 0.5) is 0 Å².